The van der Waals surface area contributed by atoms with Gasteiger partial charge in [0.25, 0.3) is 0 Å². The maximum absolute atomic E-state index is 5.02. The highest BCUT2D eigenvalue weighted by Gasteiger charge is 2.08. The van der Waals surface area contributed by atoms with Crippen molar-refractivity contribution in [2.45, 2.75) is 32.6 Å². The van der Waals surface area contributed by atoms with E-state index in [0.717, 1.165) is 37.2 Å². The number of hydrogen-bond donors (Lipinski definition) is 0. The molecule has 0 atom stereocenters. The first kappa shape index (κ1) is 14.6. The number of nitrogens with zero attached hydrogens (tertiary/aromatic N) is 4. The van der Waals surface area contributed by atoms with Crippen molar-refractivity contribution in [3.05, 3.63) is 35.7 Å². The molecule has 1 heterocycles. The number of benzene rings is 1. The number of aryl methyl sites for hydroxylation is 2. The quantitative estimate of drug-likeness (QED) is 0.765. The minimum Gasteiger partial charge on any atom is -0.490 e. The van der Waals surface area contributed by atoms with E-state index in [1.807, 2.05) is 12.1 Å². The minimum absolute atomic E-state index is 0.622. The lowest BCUT2D eigenvalue weighted by Crippen LogP contribution is -2.05. The highest BCUT2D eigenvalue weighted by atomic mass is 32.1. The van der Waals surface area contributed by atoms with E-state index in [0.29, 0.717) is 5.05 Å². The predicted octanol–water partition coefficient (Wildman–Crippen LogP) is 2.52. The molecule has 0 N–H and O–H groups in total. The summed E-state index contributed by atoms with van der Waals surface area (Å²) in [5, 5.41) is 12.5. The molecular weight excluding hydrogens is 272 g/mol. The van der Waals surface area contributed by atoms with Crippen molar-refractivity contribution in [2.24, 2.45) is 0 Å². The summed E-state index contributed by atoms with van der Waals surface area (Å²) in [5.41, 5.74) is 2.28. The number of methoxy groups -OCH3 is 1. The van der Waals surface area contributed by atoms with Crippen LogP contribution < -0.4 is 0 Å². The number of rotatable bonds is 6. The zero-order chi connectivity index (χ0) is 14.4. The van der Waals surface area contributed by atoms with Crippen LogP contribution in [-0.4, -0.2) is 32.4 Å². The zero-order valence-electron chi connectivity index (χ0n) is 11.7. The van der Waals surface area contributed by atoms with Gasteiger partial charge in [0.15, 0.2) is 10.9 Å². The Kier molecular flexibility index (Phi) is 5.17. The Balaban J connectivity index is 2.05. The normalized spacial score (nSPS) is 10.5. The number of tetrazole rings is 1. The van der Waals surface area contributed by atoms with E-state index in [-0.39, 0.29) is 0 Å². The van der Waals surface area contributed by atoms with Gasteiger partial charge in [0.2, 0.25) is 0 Å². The van der Waals surface area contributed by atoms with Gasteiger partial charge in [-0.3, -0.25) is 0 Å². The molecule has 0 aliphatic rings. The van der Waals surface area contributed by atoms with E-state index in [1.54, 1.807) is 11.8 Å². The van der Waals surface area contributed by atoms with Gasteiger partial charge in [0.1, 0.15) is 0 Å². The van der Waals surface area contributed by atoms with Crippen LogP contribution in [0.5, 0.6) is 0 Å². The molecule has 2 aromatic rings. The molecule has 106 valence electrons. The first-order valence-electron chi connectivity index (χ1n) is 6.68. The van der Waals surface area contributed by atoms with Crippen LogP contribution in [0.3, 0.4) is 0 Å². The highest BCUT2D eigenvalue weighted by molar-refractivity contribution is 7.80. The van der Waals surface area contributed by atoms with Gasteiger partial charge < -0.3 is 4.74 Å². The van der Waals surface area contributed by atoms with E-state index in [4.69, 9.17) is 17.0 Å². The summed E-state index contributed by atoms with van der Waals surface area (Å²) in [6.07, 6.45) is 3.41. The van der Waals surface area contributed by atoms with E-state index in [2.05, 4.69) is 34.6 Å². The van der Waals surface area contributed by atoms with Crippen molar-refractivity contribution in [2.75, 3.05) is 7.11 Å². The Bertz CT molecular complexity index is 565. The third-order valence-electron chi connectivity index (χ3n) is 3.13. The van der Waals surface area contributed by atoms with Crippen LogP contribution in [0.2, 0.25) is 0 Å². The highest BCUT2D eigenvalue weighted by Crippen LogP contribution is 2.12. The van der Waals surface area contributed by atoms with Gasteiger partial charge in [-0.05, 0) is 53.2 Å². The maximum atomic E-state index is 5.02. The van der Waals surface area contributed by atoms with Crippen LogP contribution in [0.4, 0.5) is 0 Å². The summed E-state index contributed by atoms with van der Waals surface area (Å²) in [5.74, 6) is 0.841. The largest absolute Gasteiger partial charge is 0.490 e. The summed E-state index contributed by atoms with van der Waals surface area (Å²) < 4.78 is 6.76. The fourth-order valence-electron chi connectivity index (χ4n) is 1.93. The van der Waals surface area contributed by atoms with Crippen LogP contribution in [0.25, 0.3) is 5.69 Å². The summed E-state index contributed by atoms with van der Waals surface area (Å²) in [6.45, 7) is 2.14. The van der Waals surface area contributed by atoms with Crippen molar-refractivity contribution >= 4 is 17.3 Å². The zero-order valence-corrected chi connectivity index (χ0v) is 12.6. The number of hydrogen-bond acceptors (Lipinski definition) is 5. The van der Waals surface area contributed by atoms with Gasteiger partial charge in [-0.25, -0.2) is 0 Å². The van der Waals surface area contributed by atoms with Gasteiger partial charge in [0.05, 0.1) is 12.8 Å². The summed E-state index contributed by atoms with van der Waals surface area (Å²) in [6, 6.07) is 8.28. The van der Waals surface area contributed by atoms with Crippen molar-refractivity contribution in [1.82, 2.24) is 20.2 Å². The Hall–Kier alpha value is -1.82. The molecule has 0 fully saturated rings. The Morgan fingerprint density at radius 1 is 1.30 bits per heavy atom. The maximum Gasteiger partial charge on any atom is 0.159 e. The van der Waals surface area contributed by atoms with Crippen molar-refractivity contribution in [3.8, 4) is 5.69 Å². The van der Waals surface area contributed by atoms with Crippen LogP contribution in [0.15, 0.2) is 24.3 Å². The molecule has 0 saturated carbocycles. The molecule has 0 aliphatic heterocycles. The molecule has 20 heavy (non-hydrogen) atoms. The summed E-state index contributed by atoms with van der Waals surface area (Å²) in [4.78, 5) is 0. The summed E-state index contributed by atoms with van der Waals surface area (Å²) >= 11 is 5.02. The van der Waals surface area contributed by atoms with Crippen LogP contribution in [0, 0.1) is 0 Å². The topological polar surface area (TPSA) is 52.8 Å². The van der Waals surface area contributed by atoms with Gasteiger partial charge in [0, 0.05) is 12.8 Å². The van der Waals surface area contributed by atoms with Crippen LogP contribution >= 0.6 is 12.2 Å². The molecule has 0 spiro atoms. The third-order valence-corrected chi connectivity index (χ3v) is 3.50. The van der Waals surface area contributed by atoms with Crippen LogP contribution in [0.1, 0.15) is 31.2 Å². The number of ether oxygens (including phenoxy) is 1. The van der Waals surface area contributed by atoms with E-state index in [9.17, 15) is 0 Å². The van der Waals surface area contributed by atoms with Crippen molar-refractivity contribution in [1.29, 1.82) is 0 Å². The van der Waals surface area contributed by atoms with E-state index in [1.165, 1.54) is 5.56 Å². The molecule has 1 aromatic carbocycles. The molecule has 0 saturated heterocycles. The smallest absolute Gasteiger partial charge is 0.159 e. The molecule has 0 unspecified atom stereocenters. The Morgan fingerprint density at radius 2 is 2.05 bits per heavy atom. The first-order valence-corrected chi connectivity index (χ1v) is 7.08. The average Bonchev–Trinajstić information content (AvgIpc) is 2.95. The van der Waals surface area contributed by atoms with Gasteiger partial charge in [-0.2, -0.15) is 4.68 Å². The van der Waals surface area contributed by atoms with Crippen LogP contribution in [-0.2, 0) is 17.6 Å². The molecular formula is C14H18N4OS. The molecule has 5 nitrogen and oxygen atoms in total. The monoisotopic (exact) mass is 290 g/mol. The molecule has 0 radical (unpaired) electrons. The molecule has 0 amide bonds. The number of thiocarbonyl (C=S) groups is 1. The van der Waals surface area contributed by atoms with Gasteiger partial charge in [-0.15, -0.1) is 5.10 Å². The second kappa shape index (κ2) is 7.09. The second-order valence-electron chi connectivity index (χ2n) is 4.46. The SMILES string of the molecule is CCc1ccc(-n2nnnc2CCCC(=S)OC)cc1. The van der Waals surface area contributed by atoms with Crippen molar-refractivity contribution < 1.29 is 4.74 Å². The average molecular weight is 290 g/mol. The molecule has 0 aliphatic carbocycles. The van der Waals surface area contributed by atoms with E-state index >= 15 is 0 Å². The third kappa shape index (κ3) is 3.60. The molecule has 1 aromatic heterocycles. The van der Waals surface area contributed by atoms with Crippen molar-refractivity contribution in [3.63, 3.8) is 0 Å². The fourth-order valence-corrected chi connectivity index (χ4v) is 2.07. The predicted molar refractivity (Wildman–Crippen MR) is 81.1 cm³/mol. The summed E-state index contributed by atoms with van der Waals surface area (Å²) in [7, 11) is 1.60. The molecule has 6 heteroatoms. The van der Waals surface area contributed by atoms with Gasteiger partial charge >= 0.3 is 0 Å². The standard InChI is InChI=1S/C14H18N4OS/c1-3-11-7-9-12(10-8-11)18-13(15-16-17-18)5-4-6-14(20)19-2/h7-10H,3-6H2,1-2H3. The Labute approximate surface area is 123 Å². The fraction of sp³-hybridized carbons (Fsp3) is 0.429. The van der Waals surface area contributed by atoms with E-state index < -0.39 is 0 Å². The Morgan fingerprint density at radius 3 is 2.70 bits per heavy atom. The molecule has 2 rings (SSSR count). The number of aromatic nitrogens is 4. The first-order chi connectivity index (χ1) is 9.74. The lowest BCUT2D eigenvalue weighted by Gasteiger charge is -2.05. The lowest BCUT2D eigenvalue weighted by atomic mass is 10.1. The second-order valence-corrected chi connectivity index (χ2v) is 4.91. The molecule has 0 bridgehead atoms. The minimum atomic E-state index is 0.622. The van der Waals surface area contributed by atoms with Gasteiger partial charge in [-0.1, -0.05) is 19.1 Å². The lowest BCUT2D eigenvalue weighted by molar-refractivity contribution is 0.400.